The van der Waals surface area contributed by atoms with Crippen LogP contribution in [0.25, 0.3) is 0 Å². The lowest BCUT2D eigenvalue weighted by molar-refractivity contribution is -0.131. The third-order valence-electron chi connectivity index (χ3n) is 2.19. The number of allylic oxidation sites excluding steroid dienone is 1. The third kappa shape index (κ3) is 23.1. The van der Waals surface area contributed by atoms with E-state index >= 15 is 0 Å². The second-order valence-corrected chi connectivity index (χ2v) is 3.74. The van der Waals surface area contributed by atoms with Crippen LogP contribution < -0.4 is 0 Å². The van der Waals surface area contributed by atoms with E-state index in [9.17, 15) is 4.79 Å². The zero-order valence-electron chi connectivity index (χ0n) is 10.6. The fourth-order valence-corrected chi connectivity index (χ4v) is 1.25. The molecule has 0 rings (SSSR count). The molecular weight excluding hydrogens is 200 g/mol. The first kappa shape index (κ1) is 17.3. The van der Waals surface area contributed by atoms with Gasteiger partial charge in [0.2, 0.25) is 0 Å². The van der Waals surface area contributed by atoms with Crippen molar-refractivity contribution in [1.82, 2.24) is 0 Å². The van der Waals surface area contributed by atoms with Crippen LogP contribution in [-0.2, 0) is 4.79 Å². The Morgan fingerprint density at radius 3 is 1.88 bits per heavy atom. The van der Waals surface area contributed by atoms with Crippen molar-refractivity contribution in [2.45, 2.75) is 58.3 Å². The van der Waals surface area contributed by atoms with Crippen LogP contribution in [0.1, 0.15) is 58.3 Å². The highest BCUT2D eigenvalue weighted by atomic mass is 16.4. The molecule has 0 saturated carbocycles. The first-order chi connectivity index (χ1) is 7.68. The summed E-state index contributed by atoms with van der Waals surface area (Å²) in [6, 6.07) is 0. The van der Waals surface area contributed by atoms with Gasteiger partial charge in [0.05, 0.1) is 0 Å². The van der Waals surface area contributed by atoms with Gasteiger partial charge in [-0.1, -0.05) is 58.1 Å². The molecule has 94 valence electrons. The predicted molar refractivity (Wildman–Crippen MR) is 70.6 cm³/mol. The topological polar surface area (TPSA) is 37.3 Å². The molecule has 1 N–H and O–H groups in total. The van der Waals surface area contributed by atoms with Crippen LogP contribution in [0.4, 0.5) is 0 Å². The lowest BCUT2D eigenvalue weighted by Crippen LogP contribution is -1.82. The van der Waals surface area contributed by atoms with Crippen molar-refractivity contribution < 1.29 is 9.90 Å². The van der Waals surface area contributed by atoms with E-state index in [-0.39, 0.29) is 0 Å². The van der Waals surface area contributed by atoms with Crippen LogP contribution in [0.15, 0.2) is 25.3 Å². The quantitative estimate of drug-likeness (QED) is 0.355. The van der Waals surface area contributed by atoms with Crippen LogP contribution in [0.5, 0.6) is 0 Å². The van der Waals surface area contributed by atoms with Gasteiger partial charge >= 0.3 is 5.97 Å². The van der Waals surface area contributed by atoms with Gasteiger partial charge in [-0.05, 0) is 12.8 Å². The molecule has 0 unspecified atom stereocenters. The predicted octanol–water partition coefficient (Wildman–Crippen LogP) is 4.57. The molecule has 2 nitrogen and oxygen atoms in total. The van der Waals surface area contributed by atoms with Gasteiger partial charge < -0.3 is 5.11 Å². The maximum Gasteiger partial charge on any atom is 0.327 e. The Morgan fingerprint density at radius 1 is 1.06 bits per heavy atom. The van der Waals surface area contributed by atoms with Crippen LogP contribution >= 0.6 is 0 Å². The Labute approximate surface area is 100 Å². The van der Waals surface area contributed by atoms with Crippen molar-refractivity contribution in [3.05, 3.63) is 25.3 Å². The number of aliphatic carboxylic acids is 1. The fourth-order valence-electron chi connectivity index (χ4n) is 1.25. The summed E-state index contributed by atoms with van der Waals surface area (Å²) in [6.07, 6.45) is 13.9. The van der Waals surface area contributed by atoms with Crippen molar-refractivity contribution in [1.29, 1.82) is 0 Å². The molecule has 0 aromatic carbocycles. The minimum atomic E-state index is -0.981. The Hall–Kier alpha value is -1.05. The second kappa shape index (κ2) is 16.4. The lowest BCUT2D eigenvalue weighted by atomic mass is 10.1. The molecule has 16 heavy (non-hydrogen) atoms. The maximum absolute atomic E-state index is 9.25. The molecule has 0 heterocycles. The number of carbonyl (C=O) groups is 1. The van der Waals surface area contributed by atoms with E-state index in [0.717, 1.165) is 6.08 Å². The highest BCUT2D eigenvalue weighted by molar-refractivity contribution is 5.78. The van der Waals surface area contributed by atoms with Crippen LogP contribution in [0.2, 0.25) is 0 Å². The van der Waals surface area contributed by atoms with E-state index in [0.29, 0.717) is 0 Å². The third-order valence-corrected chi connectivity index (χ3v) is 2.19. The Morgan fingerprint density at radius 2 is 1.50 bits per heavy atom. The highest BCUT2D eigenvalue weighted by Crippen LogP contribution is 2.07. The standard InChI is InChI=1S/C11H22.C3H4O2/c1-3-5-7-9-11-10-8-6-4-2;1-2-3(4)5/h3H,1,4-11H2,2H3;2H,1H2,(H,4,5). The van der Waals surface area contributed by atoms with Crippen LogP contribution in [0, 0.1) is 0 Å². The molecule has 0 fully saturated rings. The summed E-state index contributed by atoms with van der Waals surface area (Å²) in [4.78, 5) is 9.25. The van der Waals surface area contributed by atoms with Crippen LogP contribution in [0.3, 0.4) is 0 Å². The summed E-state index contributed by atoms with van der Waals surface area (Å²) in [5, 5.41) is 7.60. The fraction of sp³-hybridized carbons (Fsp3) is 0.643. The molecule has 0 atom stereocenters. The van der Waals surface area contributed by atoms with Crippen LogP contribution in [-0.4, -0.2) is 11.1 Å². The monoisotopic (exact) mass is 226 g/mol. The molecular formula is C14H26O2. The van der Waals surface area contributed by atoms with Gasteiger partial charge in [0.15, 0.2) is 0 Å². The maximum atomic E-state index is 9.25. The number of hydrogen-bond donors (Lipinski definition) is 1. The van der Waals surface area contributed by atoms with E-state index in [1.165, 1.54) is 51.4 Å². The number of unbranched alkanes of at least 4 members (excludes halogenated alkanes) is 7. The van der Waals surface area contributed by atoms with Crippen molar-refractivity contribution in [3.63, 3.8) is 0 Å². The highest BCUT2D eigenvalue weighted by Gasteiger charge is 1.88. The van der Waals surface area contributed by atoms with E-state index < -0.39 is 5.97 Å². The SMILES string of the molecule is C=CC(=O)O.C=CCCCCCCCCC. The van der Waals surface area contributed by atoms with E-state index in [1.807, 2.05) is 6.08 Å². The smallest absolute Gasteiger partial charge is 0.327 e. The summed E-state index contributed by atoms with van der Waals surface area (Å²) < 4.78 is 0. The van der Waals surface area contributed by atoms with E-state index in [1.54, 1.807) is 0 Å². The first-order valence-corrected chi connectivity index (χ1v) is 6.15. The average molecular weight is 226 g/mol. The Kier molecular flexibility index (Phi) is 17.8. The number of carboxylic acids is 1. The van der Waals surface area contributed by atoms with Gasteiger partial charge in [-0.2, -0.15) is 0 Å². The summed E-state index contributed by atoms with van der Waals surface area (Å²) in [7, 11) is 0. The summed E-state index contributed by atoms with van der Waals surface area (Å²) in [5.74, 6) is -0.981. The second-order valence-electron chi connectivity index (χ2n) is 3.74. The molecule has 0 radical (unpaired) electrons. The molecule has 0 spiro atoms. The van der Waals surface area contributed by atoms with Crippen molar-refractivity contribution in [2.24, 2.45) is 0 Å². The number of rotatable bonds is 9. The molecule has 0 aliphatic rings. The van der Waals surface area contributed by atoms with Crippen molar-refractivity contribution >= 4 is 5.97 Å². The zero-order valence-corrected chi connectivity index (χ0v) is 10.6. The molecule has 0 aromatic rings. The molecule has 0 aromatic heterocycles. The number of hydrogen-bond acceptors (Lipinski definition) is 1. The minimum absolute atomic E-state index is 0.833. The Balaban J connectivity index is 0. The lowest BCUT2D eigenvalue weighted by Gasteiger charge is -1.98. The molecule has 0 amide bonds. The Bertz CT molecular complexity index is 174. The van der Waals surface area contributed by atoms with Gasteiger partial charge in [0.25, 0.3) is 0 Å². The summed E-state index contributed by atoms with van der Waals surface area (Å²) in [6.45, 7) is 8.93. The van der Waals surface area contributed by atoms with Gasteiger partial charge in [-0.3, -0.25) is 0 Å². The summed E-state index contributed by atoms with van der Waals surface area (Å²) in [5.41, 5.74) is 0. The molecule has 2 heteroatoms. The number of carboxylic acid groups (broad SMARTS) is 1. The van der Waals surface area contributed by atoms with Gasteiger partial charge in [-0.15, -0.1) is 6.58 Å². The first-order valence-electron chi connectivity index (χ1n) is 6.15. The largest absolute Gasteiger partial charge is 0.478 e. The van der Waals surface area contributed by atoms with Crippen molar-refractivity contribution in [2.75, 3.05) is 0 Å². The normalized spacial score (nSPS) is 8.81. The molecule has 0 aliphatic carbocycles. The van der Waals surface area contributed by atoms with Gasteiger partial charge in [0.1, 0.15) is 0 Å². The zero-order chi connectivity index (χ0) is 12.6. The minimum Gasteiger partial charge on any atom is -0.478 e. The van der Waals surface area contributed by atoms with E-state index in [4.69, 9.17) is 5.11 Å². The van der Waals surface area contributed by atoms with Crippen molar-refractivity contribution in [3.8, 4) is 0 Å². The molecule has 0 aliphatic heterocycles. The van der Waals surface area contributed by atoms with E-state index in [2.05, 4.69) is 20.1 Å². The van der Waals surface area contributed by atoms with Gasteiger partial charge in [-0.25, -0.2) is 4.79 Å². The molecule has 0 saturated heterocycles. The molecule has 0 bridgehead atoms. The average Bonchev–Trinajstić information content (AvgIpc) is 2.29. The summed E-state index contributed by atoms with van der Waals surface area (Å²) >= 11 is 0. The van der Waals surface area contributed by atoms with Gasteiger partial charge in [0, 0.05) is 6.08 Å².